The third-order valence-corrected chi connectivity index (χ3v) is 10.5. The molecule has 0 bridgehead atoms. The van der Waals surface area contributed by atoms with Crippen LogP contribution in [0.5, 0.6) is 0 Å². The molecule has 2 rings (SSSR count). The molecule has 0 fully saturated rings. The number of thiol groups is 1. The molecular weight excluding hydrogens is 687 g/mol. The van der Waals surface area contributed by atoms with E-state index in [1.165, 1.54) is 60.5 Å². The van der Waals surface area contributed by atoms with Gasteiger partial charge in [0.05, 0.1) is 5.88 Å². The molecule has 0 aliphatic heterocycles. The fourth-order valence-electron chi connectivity index (χ4n) is 7.19. The molecular formula is C47H69N3O3S. The molecule has 296 valence electrons. The fourth-order valence-corrected chi connectivity index (χ4v) is 7.35. The van der Waals surface area contributed by atoms with Crippen LogP contribution in [0.2, 0.25) is 0 Å². The first-order valence-electron chi connectivity index (χ1n) is 19.7. The van der Waals surface area contributed by atoms with Gasteiger partial charge in [0.2, 0.25) is 17.7 Å². The normalized spacial score (nSPS) is 19.4. The highest BCUT2D eigenvalue weighted by Crippen LogP contribution is 2.41. The molecule has 0 radical (unpaired) electrons. The van der Waals surface area contributed by atoms with E-state index in [4.69, 9.17) is 0 Å². The second-order valence-electron chi connectivity index (χ2n) is 16.4. The van der Waals surface area contributed by atoms with Crippen LogP contribution in [0.15, 0.2) is 117 Å². The van der Waals surface area contributed by atoms with Gasteiger partial charge < -0.3 is 16.0 Å². The van der Waals surface area contributed by atoms with Gasteiger partial charge in [0.1, 0.15) is 6.04 Å². The highest BCUT2D eigenvalue weighted by molar-refractivity contribution is 7.80. The molecule has 6 nitrogen and oxygen atoms in total. The van der Waals surface area contributed by atoms with Gasteiger partial charge in [0.25, 0.3) is 0 Å². The molecule has 0 spiro atoms. The maximum atomic E-state index is 12.8. The lowest BCUT2D eigenvalue weighted by Crippen LogP contribution is -2.46. The van der Waals surface area contributed by atoms with E-state index in [-0.39, 0.29) is 34.4 Å². The molecule has 0 aromatic rings. The zero-order valence-electron chi connectivity index (χ0n) is 35.0. The van der Waals surface area contributed by atoms with Gasteiger partial charge in [-0.15, -0.1) is 0 Å². The molecule has 2 aliphatic rings. The van der Waals surface area contributed by atoms with Crippen molar-refractivity contribution in [1.29, 1.82) is 0 Å². The molecule has 0 heterocycles. The summed E-state index contributed by atoms with van der Waals surface area (Å²) in [7, 11) is 0. The van der Waals surface area contributed by atoms with Gasteiger partial charge in [-0.3, -0.25) is 14.4 Å². The van der Waals surface area contributed by atoms with Crippen molar-refractivity contribution >= 4 is 30.4 Å². The van der Waals surface area contributed by atoms with Crippen molar-refractivity contribution in [2.24, 2.45) is 10.8 Å². The van der Waals surface area contributed by atoms with Crippen molar-refractivity contribution in [2.75, 3.05) is 12.4 Å². The van der Waals surface area contributed by atoms with Gasteiger partial charge in [0.15, 0.2) is 0 Å². The summed E-state index contributed by atoms with van der Waals surface area (Å²) in [5.74, 6) is -0.595. The maximum absolute atomic E-state index is 12.8. The monoisotopic (exact) mass is 756 g/mol. The van der Waals surface area contributed by atoms with E-state index in [2.05, 4.69) is 114 Å². The van der Waals surface area contributed by atoms with Gasteiger partial charge in [-0.2, -0.15) is 12.6 Å². The van der Waals surface area contributed by atoms with Crippen molar-refractivity contribution < 1.29 is 14.4 Å². The van der Waals surface area contributed by atoms with Crippen molar-refractivity contribution in [3.05, 3.63) is 117 Å². The minimum Gasteiger partial charge on any atom is -0.353 e. The highest BCUT2D eigenvalue weighted by Gasteiger charge is 2.27. The van der Waals surface area contributed by atoms with Crippen LogP contribution in [0.4, 0.5) is 0 Å². The smallest absolute Gasteiger partial charge is 0.244 e. The molecule has 2 aliphatic carbocycles. The molecule has 0 aromatic carbocycles. The number of carbonyl (C=O) groups excluding carboxylic acids is 3. The Bertz CT molecular complexity index is 1640. The Morgan fingerprint density at radius 1 is 0.685 bits per heavy atom. The molecule has 3 N–H and O–H groups in total. The van der Waals surface area contributed by atoms with E-state index in [0.29, 0.717) is 25.8 Å². The summed E-state index contributed by atoms with van der Waals surface area (Å²) in [6, 6.07) is -0.698. The summed E-state index contributed by atoms with van der Waals surface area (Å²) in [5.41, 5.74) is 10.2. The first kappa shape index (κ1) is 46.3. The summed E-state index contributed by atoms with van der Waals surface area (Å²) in [4.78, 5) is 38.0. The third-order valence-electron chi connectivity index (χ3n) is 10.4. The van der Waals surface area contributed by atoms with E-state index < -0.39 is 6.04 Å². The van der Waals surface area contributed by atoms with Crippen LogP contribution in [-0.2, 0) is 14.4 Å². The van der Waals surface area contributed by atoms with Crippen molar-refractivity contribution in [1.82, 2.24) is 16.0 Å². The average molecular weight is 756 g/mol. The first-order valence-corrected chi connectivity index (χ1v) is 20.4. The third kappa shape index (κ3) is 17.1. The fraction of sp³-hybridized carbons (Fsp3) is 0.511. The van der Waals surface area contributed by atoms with E-state index in [1.807, 2.05) is 44.2 Å². The molecule has 0 saturated heterocycles. The molecule has 0 aromatic heterocycles. The number of hydrogen-bond acceptors (Lipinski definition) is 4. The predicted molar refractivity (Wildman–Crippen MR) is 233 cm³/mol. The molecule has 1 atom stereocenters. The second-order valence-corrected chi connectivity index (χ2v) is 16.7. The van der Waals surface area contributed by atoms with Gasteiger partial charge in [-0.1, -0.05) is 111 Å². The van der Waals surface area contributed by atoms with Crippen molar-refractivity contribution in [3.8, 4) is 0 Å². The van der Waals surface area contributed by atoms with Crippen molar-refractivity contribution in [2.45, 2.75) is 133 Å². The van der Waals surface area contributed by atoms with Gasteiger partial charge in [0, 0.05) is 18.7 Å². The number of unbranched alkanes of at least 4 members (excludes halogenated alkanes) is 1. The Labute approximate surface area is 333 Å². The number of hydrogen-bond donors (Lipinski definition) is 4. The SMILES string of the molecule is CC(C=CC1=C(C)CCCC1(C)C)=CC=CC(C)=CC(=O)NCCCCC(NC(=O)C=C(C)C=CC=C(C)C=CC1=C(C)CCCC1(C)C)C(=O)NCS. The van der Waals surface area contributed by atoms with Crippen LogP contribution in [0.1, 0.15) is 127 Å². The topological polar surface area (TPSA) is 87.3 Å². The Hall–Kier alpha value is -3.84. The highest BCUT2D eigenvalue weighted by atomic mass is 32.1. The van der Waals surface area contributed by atoms with E-state index >= 15 is 0 Å². The summed E-state index contributed by atoms with van der Waals surface area (Å²) >= 11 is 4.11. The average Bonchev–Trinajstić information content (AvgIpc) is 3.06. The van der Waals surface area contributed by atoms with Crippen LogP contribution >= 0.6 is 12.6 Å². The summed E-state index contributed by atoms with van der Waals surface area (Å²) in [6.45, 7) is 22.1. The molecule has 3 amide bonds. The summed E-state index contributed by atoms with van der Waals surface area (Å²) < 4.78 is 0. The Balaban J connectivity index is 1.84. The predicted octanol–water partition coefficient (Wildman–Crippen LogP) is 10.8. The van der Waals surface area contributed by atoms with Crippen LogP contribution in [0, 0.1) is 10.8 Å². The largest absolute Gasteiger partial charge is 0.353 e. The van der Waals surface area contributed by atoms with Crippen LogP contribution in [0.25, 0.3) is 0 Å². The Morgan fingerprint density at radius 3 is 1.63 bits per heavy atom. The van der Waals surface area contributed by atoms with Crippen LogP contribution < -0.4 is 16.0 Å². The molecule has 7 heteroatoms. The summed E-state index contributed by atoms with van der Waals surface area (Å²) in [5, 5.41) is 8.46. The van der Waals surface area contributed by atoms with E-state index in [0.717, 1.165) is 28.7 Å². The molecule has 54 heavy (non-hydrogen) atoms. The number of amides is 3. The quantitative estimate of drug-likeness (QED) is 0.0369. The van der Waals surface area contributed by atoms with E-state index in [9.17, 15) is 14.4 Å². The summed E-state index contributed by atoms with van der Waals surface area (Å²) in [6.07, 6.45) is 32.8. The Kier molecular flexibility index (Phi) is 19.9. The van der Waals surface area contributed by atoms with Gasteiger partial charge >= 0.3 is 0 Å². The van der Waals surface area contributed by atoms with Crippen LogP contribution in [-0.4, -0.2) is 36.2 Å². The first-order chi connectivity index (χ1) is 25.4. The maximum Gasteiger partial charge on any atom is 0.244 e. The minimum absolute atomic E-state index is 0.159. The zero-order chi connectivity index (χ0) is 40.3. The lowest BCUT2D eigenvalue weighted by atomic mass is 9.72. The number of nitrogens with one attached hydrogen (secondary N) is 3. The molecule has 1 unspecified atom stereocenters. The Morgan fingerprint density at radius 2 is 1.17 bits per heavy atom. The minimum atomic E-state index is -0.698. The van der Waals surface area contributed by atoms with Gasteiger partial charge in [-0.05, 0) is 132 Å². The van der Waals surface area contributed by atoms with Crippen molar-refractivity contribution in [3.63, 3.8) is 0 Å². The number of allylic oxidation sites excluding steroid dienone is 18. The lowest BCUT2D eigenvalue weighted by molar-refractivity contribution is -0.127. The van der Waals surface area contributed by atoms with E-state index in [1.54, 1.807) is 6.08 Å². The van der Waals surface area contributed by atoms with Crippen LogP contribution in [0.3, 0.4) is 0 Å². The van der Waals surface area contributed by atoms with Gasteiger partial charge in [-0.25, -0.2) is 0 Å². The number of carbonyl (C=O) groups is 3. The standard InChI is InChI=1S/C47H69N3O3S/c1-34(24-26-40-38(5)21-15-28-46(40,7)8)17-13-19-36(3)31-43(51)48-30-12-11-23-42(45(53)49-33-54)50-44(52)32-37(4)20-14-18-35(2)25-27-41-39(6)22-16-29-47(41,9)10/h13-14,17-20,24-27,31-32,42,54H,11-12,15-16,21-23,28-30,33H2,1-10H3,(H,48,51)(H,49,53)(H,50,52). The number of rotatable bonds is 18. The second kappa shape index (κ2) is 23.2. The zero-order valence-corrected chi connectivity index (χ0v) is 35.9. The lowest BCUT2D eigenvalue weighted by Gasteiger charge is -2.33. The molecule has 0 saturated carbocycles.